The average molecular weight is 228 g/mol. The third-order valence-corrected chi connectivity index (χ3v) is 3.97. The molecule has 2 fully saturated rings. The van der Waals surface area contributed by atoms with Crippen LogP contribution < -0.4 is 0 Å². The first-order valence-electron chi connectivity index (χ1n) is 5.78. The van der Waals surface area contributed by atoms with E-state index in [2.05, 4.69) is 16.8 Å². The Kier molecular flexibility index (Phi) is 3.19. The monoisotopic (exact) mass is 228 g/mol. The summed E-state index contributed by atoms with van der Waals surface area (Å²) in [5, 5.41) is 9.40. The molecule has 1 heterocycles. The Morgan fingerprint density at radius 3 is 2.31 bits per heavy atom. The molecule has 5 nitrogen and oxygen atoms in total. The first-order valence-corrected chi connectivity index (χ1v) is 5.78. The molecule has 92 valence electrons. The van der Waals surface area contributed by atoms with E-state index < -0.39 is 11.5 Å². The van der Waals surface area contributed by atoms with E-state index in [0.717, 1.165) is 26.2 Å². The lowest BCUT2D eigenvalue weighted by Crippen LogP contribution is -2.67. The highest BCUT2D eigenvalue weighted by atomic mass is 16.5. The zero-order valence-corrected chi connectivity index (χ0v) is 9.98. The number of piperazine rings is 1. The van der Waals surface area contributed by atoms with Gasteiger partial charge in [-0.1, -0.05) is 0 Å². The van der Waals surface area contributed by atoms with Gasteiger partial charge in [0.05, 0.1) is 6.10 Å². The predicted octanol–water partition coefficient (Wildman–Crippen LogP) is -0.134. The van der Waals surface area contributed by atoms with Gasteiger partial charge in [0, 0.05) is 46.1 Å². The molecule has 0 aromatic rings. The second-order valence-electron chi connectivity index (χ2n) is 4.89. The average Bonchev–Trinajstić information content (AvgIpc) is 2.19. The number of hydrogen-bond acceptors (Lipinski definition) is 4. The van der Waals surface area contributed by atoms with E-state index >= 15 is 0 Å². The summed E-state index contributed by atoms with van der Waals surface area (Å²) in [5.74, 6) is -0.689. The van der Waals surface area contributed by atoms with Crippen molar-refractivity contribution >= 4 is 5.97 Å². The van der Waals surface area contributed by atoms with Crippen molar-refractivity contribution in [2.24, 2.45) is 0 Å². The Hall–Kier alpha value is -0.650. The number of rotatable bonds is 3. The number of methoxy groups -OCH3 is 1. The summed E-state index contributed by atoms with van der Waals surface area (Å²) in [6.07, 6.45) is 1.38. The molecule has 0 bridgehead atoms. The van der Waals surface area contributed by atoms with Crippen LogP contribution in [0.25, 0.3) is 0 Å². The van der Waals surface area contributed by atoms with Crippen LogP contribution >= 0.6 is 0 Å². The van der Waals surface area contributed by atoms with Crippen molar-refractivity contribution in [2.75, 3.05) is 40.3 Å². The van der Waals surface area contributed by atoms with Crippen LogP contribution in [-0.4, -0.2) is 72.9 Å². The van der Waals surface area contributed by atoms with Crippen LogP contribution in [0.3, 0.4) is 0 Å². The van der Waals surface area contributed by atoms with Crippen molar-refractivity contribution in [3.63, 3.8) is 0 Å². The summed E-state index contributed by atoms with van der Waals surface area (Å²) in [4.78, 5) is 15.8. The molecule has 1 aliphatic carbocycles. The first-order chi connectivity index (χ1) is 7.58. The Balaban J connectivity index is 2.01. The smallest absolute Gasteiger partial charge is 0.324 e. The fraction of sp³-hybridized carbons (Fsp3) is 0.909. The molecule has 1 N–H and O–H groups in total. The Morgan fingerprint density at radius 1 is 1.31 bits per heavy atom. The second-order valence-corrected chi connectivity index (χ2v) is 4.89. The minimum absolute atomic E-state index is 0.121. The lowest BCUT2D eigenvalue weighted by molar-refractivity contribution is -0.173. The fourth-order valence-corrected chi connectivity index (χ4v) is 2.66. The third-order valence-electron chi connectivity index (χ3n) is 3.97. The first kappa shape index (κ1) is 11.8. The SMILES string of the molecule is COC1CC(C(=O)O)(N2CCN(C)CC2)C1. The summed E-state index contributed by atoms with van der Waals surface area (Å²) in [5.41, 5.74) is -0.651. The topological polar surface area (TPSA) is 53.0 Å². The molecular formula is C11H20N2O3. The van der Waals surface area contributed by atoms with Crippen LogP contribution in [0, 0.1) is 0 Å². The van der Waals surface area contributed by atoms with Gasteiger partial charge >= 0.3 is 5.97 Å². The van der Waals surface area contributed by atoms with Gasteiger partial charge in [-0.3, -0.25) is 9.69 Å². The van der Waals surface area contributed by atoms with E-state index in [4.69, 9.17) is 4.74 Å². The summed E-state index contributed by atoms with van der Waals surface area (Å²) in [6, 6.07) is 0. The Labute approximate surface area is 96.0 Å². The standard InChI is InChI=1S/C11H20N2O3/c1-12-3-5-13(6-4-12)11(10(14)15)7-9(8-11)16-2/h9H,3-8H2,1-2H3,(H,14,15). The molecule has 0 aromatic heterocycles. The number of carboxylic acid groups (broad SMARTS) is 1. The Morgan fingerprint density at radius 2 is 1.88 bits per heavy atom. The number of ether oxygens (including phenoxy) is 1. The van der Waals surface area contributed by atoms with Gasteiger partial charge in [0.25, 0.3) is 0 Å². The lowest BCUT2D eigenvalue weighted by Gasteiger charge is -2.52. The molecular weight excluding hydrogens is 208 g/mol. The number of hydrogen-bond donors (Lipinski definition) is 1. The van der Waals surface area contributed by atoms with E-state index in [1.54, 1.807) is 7.11 Å². The molecule has 0 radical (unpaired) electrons. The van der Waals surface area contributed by atoms with Crippen molar-refractivity contribution in [3.05, 3.63) is 0 Å². The zero-order chi connectivity index (χ0) is 11.8. The van der Waals surface area contributed by atoms with Crippen LogP contribution in [0.4, 0.5) is 0 Å². The highest BCUT2D eigenvalue weighted by Gasteiger charge is 2.55. The largest absolute Gasteiger partial charge is 0.480 e. The zero-order valence-electron chi connectivity index (χ0n) is 9.98. The van der Waals surface area contributed by atoms with Gasteiger partial charge in [-0.15, -0.1) is 0 Å². The number of carboxylic acids is 1. The van der Waals surface area contributed by atoms with Crippen molar-refractivity contribution < 1.29 is 14.6 Å². The number of carbonyl (C=O) groups is 1. The van der Waals surface area contributed by atoms with Crippen LogP contribution in [0.1, 0.15) is 12.8 Å². The predicted molar refractivity (Wildman–Crippen MR) is 59.5 cm³/mol. The molecule has 5 heteroatoms. The maximum absolute atomic E-state index is 11.4. The van der Waals surface area contributed by atoms with E-state index in [9.17, 15) is 9.90 Å². The molecule has 0 spiro atoms. The third kappa shape index (κ3) is 1.83. The quantitative estimate of drug-likeness (QED) is 0.729. The van der Waals surface area contributed by atoms with Crippen molar-refractivity contribution in [2.45, 2.75) is 24.5 Å². The van der Waals surface area contributed by atoms with Crippen LogP contribution in [0.2, 0.25) is 0 Å². The molecule has 1 aliphatic heterocycles. The van der Waals surface area contributed by atoms with Gasteiger partial charge in [-0.05, 0) is 7.05 Å². The molecule has 0 atom stereocenters. The van der Waals surface area contributed by atoms with Crippen LogP contribution in [0.15, 0.2) is 0 Å². The van der Waals surface area contributed by atoms with Gasteiger partial charge in [0.1, 0.15) is 5.54 Å². The fourth-order valence-electron chi connectivity index (χ4n) is 2.66. The summed E-state index contributed by atoms with van der Waals surface area (Å²) >= 11 is 0. The van der Waals surface area contributed by atoms with Crippen LogP contribution in [0.5, 0.6) is 0 Å². The number of aliphatic carboxylic acids is 1. The Bertz CT molecular complexity index is 268. The molecule has 0 aromatic carbocycles. The summed E-state index contributed by atoms with van der Waals surface area (Å²) < 4.78 is 5.20. The molecule has 0 unspecified atom stereocenters. The normalized spacial score (nSPS) is 37.0. The second kappa shape index (κ2) is 4.31. The maximum atomic E-state index is 11.4. The van der Waals surface area contributed by atoms with E-state index in [1.807, 2.05) is 0 Å². The maximum Gasteiger partial charge on any atom is 0.324 e. The highest BCUT2D eigenvalue weighted by molar-refractivity contribution is 5.80. The summed E-state index contributed by atoms with van der Waals surface area (Å²) in [7, 11) is 3.73. The molecule has 16 heavy (non-hydrogen) atoms. The molecule has 2 rings (SSSR count). The van der Waals surface area contributed by atoms with Gasteiger partial charge < -0.3 is 14.7 Å². The molecule has 1 saturated heterocycles. The van der Waals surface area contributed by atoms with Crippen molar-refractivity contribution in [1.29, 1.82) is 0 Å². The molecule has 0 amide bonds. The highest BCUT2D eigenvalue weighted by Crippen LogP contribution is 2.40. The number of nitrogens with zero attached hydrogens (tertiary/aromatic N) is 2. The lowest BCUT2D eigenvalue weighted by atomic mass is 9.72. The van der Waals surface area contributed by atoms with Crippen molar-refractivity contribution in [3.8, 4) is 0 Å². The molecule has 1 saturated carbocycles. The van der Waals surface area contributed by atoms with Gasteiger partial charge in [-0.2, -0.15) is 0 Å². The van der Waals surface area contributed by atoms with E-state index in [0.29, 0.717) is 12.8 Å². The van der Waals surface area contributed by atoms with Crippen LogP contribution in [-0.2, 0) is 9.53 Å². The van der Waals surface area contributed by atoms with Gasteiger partial charge in [0.15, 0.2) is 0 Å². The van der Waals surface area contributed by atoms with Gasteiger partial charge in [0.2, 0.25) is 0 Å². The summed E-state index contributed by atoms with van der Waals surface area (Å²) in [6.45, 7) is 3.60. The van der Waals surface area contributed by atoms with E-state index in [-0.39, 0.29) is 6.10 Å². The number of likely N-dealkylation sites (N-methyl/N-ethyl adjacent to an activating group) is 1. The minimum Gasteiger partial charge on any atom is -0.480 e. The minimum atomic E-state index is -0.689. The van der Waals surface area contributed by atoms with E-state index in [1.165, 1.54) is 0 Å². The van der Waals surface area contributed by atoms with Gasteiger partial charge in [-0.25, -0.2) is 0 Å². The molecule has 2 aliphatic rings. The van der Waals surface area contributed by atoms with Crippen molar-refractivity contribution in [1.82, 2.24) is 9.80 Å².